The summed E-state index contributed by atoms with van der Waals surface area (Å²) >= 11 is 0. The lowest BCUT2D eigenvalue weighted by Gasteiger charge is -2.18. The first-order valence-corrected chi connectivity index (χ1v) is 7.00. The Hall–Kier alpha value is -1.46. The summed E-state index contributed by atoms with van der Waals surface area (Å²) in [6, 6.07) is 0. The maximum Gasteiger partial charge on any atom is 0.244 e. The first-order chi connectivity index (χ1) is 8.45. The number of sulfonamides is 1. The highest BCUT2D eigenvalue weighted by molar-refractivity contribution is 7.94. The molecule has 0 aliphatic heterocycles. The predicted octanol–water partition coefficient (Wildman–Crippen LogP) is 1.90. The summed E-state index contributed by atoms with van der Waals surface area (Å²) in [6.07, 6.45) is 10.7. The van der Waals surface area contributed by atoms with Gasteiger partial charge in [0.15, 0.2) is 0 Å². The predicted molar refractivity (Wildman–Crippen MR) is 76.1 cm³/mol. The number of allylic oxidation sites excluding steroid dienone is 8. The van der Waals surface area contributed by atoms with Gasteiger partial charge in [-0.25, -0.2) is 12.7 Å². The zero-order chi connectivity index (χ0) is 13.8. The number of nitrogens with zero attached hydrogens (tertiary/aromatic N) is 2. The van der Waals surface area contributed by atoms with E-state index >= 15 is 0 Å². The molecule has 1 aliphatic carbocycles. The van der Waals surface area contributed by atoms with Crippen molar-refractivity contribution in [2.75, 3.05) is 21.1 Å². The molecule has 0 aromatic rings. The minimum absolute atomic E-state index is 0.230. The minimum atomic E-state index is -3.47. The van der Waals surface area contributed by atoms with Crippen LogP contribution in [0.25, 0.3) is 0 Å². The van der Waals surface area contributed by atoms with Crippen LogP contribution in [0.3, 0.4) is 0 Å². The van der Waals surface area contributed by atoms with Gasteiger partial charge in [-0.1, -0.05) is 30.4 Å². The average molecular weight is 266 g/mol. The van der Waals surface area contributed by atoms with Crippen molar-refractivity contribution in [1.82, 2.24) is 4.31 Å². The highest BCUT2D eigenvalue weighted by Gasteiger charge is 2.27. The third kappa shape index (κ3) is 2.86. The van der Waals surface area contributed by atoms with Crippen molar-refractivity contribution in [3.63, 3.8) is 0 Å². The molecule has 5 heteroatoms. The molecule has 0 aromatic carbocycles. The van der Waals surface area contributed by atoms with Crippen molar-refractivity contribution in [1.29, 1.82) is 0 Å². The van der Waals surface area contributed by atoms with Crippen LogP contribution in [0.15, 0.2) is 51.9 Å². The smallest absolute Gasteiger partial charge is 0.244 e. The van der Waals surface area contributed by atoms with E-state index in [1.54, 1.807) is 19.2 Å². The molecule has 18 heavy (non-hydrogen) atoms. The Morgan fingerprint density at radius 2 is 2.00 bits per heavy atom. The molecular formula is C13H18N2O2S. The lowest BCUT2D eigenvalue weighted by Crippen LogP contribution is -2.28. The normalized spacial score (nSPS) is 21.3. The van der Waals surface area contributed by atoms with E-state index in [0.717, 1.165) is 5.57 Å². The minimum Gasteiger partial charge on any atom is -0.287 e. The molecule has 0 radical (unpaired) electrons. The van der Waals surface area contributed by atoms with E-state index in [0.29, 0.717) is 5.71 Å². The second-order valence-electron chi connectivity index (χ2n) is 3.90. The Labute approximate surface area is 109 Å². The topological polar surface area (TPSA) is 49.7 Å². The van der Waals surface area contributed by atoms with Gasteiger partial charge in [0.25, 0.3) is 0 Å². The van der Waals surface area contributed by atoms with Gasteiger partial charge in [0, 0.05) is 26.7 Å². The van der Waals surface area contributed by atoms with Crippen LogP contribution in [0.2, 0.25) is 0 Å². The molecule has 0 fully saturated rings. The van der Waals surface area contributed by atoms with Crippen LogP contribution in [-0.4, -0.2) is 39.6 Å². The summed E-state index contributed by atoms with van der Waals surface area (Å²) in [7, 11) is 1.14. The Bertz CT molecular complexity index is 562. The summed E-state index contributed by atoms with van der Waals surface area (Å²) in [5.74, 6) is 0. The molecule has 0 N–H and O–H groups in total. The fourth-order valence-electron chi connectivity index (χ4n) is 1.52. The average Bonchev–Trinajstić information content (AvgIpc) is 2.35. The molecule has 0 saturated heterocycles. The van der Waals surface area contributed by atoms with Crippen LogP contribution in [-0.2, 0) is 10.0 Å². The first kappa shape index (κ1) is 14.6. The molecule has 0 heterocycles. The summed E-state index contributed by atoms with van der Waals surface area (Å²) in [6.45, 7) is 1.90. The maximum atomic E-state index is 12.2. The zero-order valence-electron chi connectivity index (χ0n) is 11.1. The van der Waals surface area contributed by atoms with Gasteiger partial charge in [-0.3, -0.25) is 4.99 Å². The summed E-state index contributed by atoms with van der Waals surface area (Å²) in [5.41, 5.74) is 1.28. The molecule has 1 aliphatic rings. The second-order valence-corrected chi connectivity index (χ2v) is 6.02. The number of hydrogen-bond acceptors (Lipinski definition) is 3. The van der Waals surface area contributed by atoms with E-state index in [4.69, 9.17) is 0 Å². The number of hydrogen-bond donors (Lipinski definition) is 0. The fraction of sp³-hybridized carbons (Fsp3) is 0.308. The molecule has 0 unspecified atom stereocenters. The molecule has 98 valence electrons. The number of aliphatic imine (C=N–C) groups is 1. The van der Waals surface area contributed by atoms with Crippen LogP contribution in [0.5, 0.6) is 0 Å². The van der Waals surface area contributed by atoms with Crippen LogP contribution in [0.1, 0.15) is 6.92 Å². The SMILES string of the molecule is C\C=C/C=C1/C=CC=C(S(=O)(=O)N(C)C)/C1=N\C. The molecule has 4 nitrogen and oxygen atoms in total. The first-order valence-electron chi connectivity index (χ1n) is 5.56. The second kappa shape index (κ2) is 5.93. The Morgan fingerprint density at radius 1 is 1.33 bits per heavy atom. The van der Waals surface area contributed by atoms with Crippen LogP contribution < -0.4 is 0 Å². The monoisotopic (exact) mass is 266 g/mol. The Kier molecular flexibility index (Phi) is 4.81. The summed E-state index contributed by atoms with van der Waals surface area (Å²) in [4.78, 5) is 4.33. The Morgan fingerprint density at radius 3 is 2.50 bits per heavy atom. The summed E-state index contributed by atoms with van der Waals surface area (Å²) in [5, 5.41) is 0. The molecule has 0 atom stereocenters. The van der Waals surface area contributed by atoms with Gasteiger partial charge in [0.1, 0.15) is 4.91 Å². The van der Waals surface area contributed by atoms with Crippen LogP contribution in [0, 0.1) is 0 Å². The molecular weight excluding hydrogens is 248 g/mol. The Balaban J connectivity index is 3.33. The van der Waals surface area contributed by atoms with E-state index in [1.807, 2.05) is 31.2 Å². The third-order valence-electron chi connectivity index (χ3n) is 2.48. The van der Waals surface area contributed by atoms with Crippen molar-refractivity contribution in [3.8, 4) is 0 Å². The fourth-order valence-corrected chi connectivity index (χ4v) is 2.62. The number of rotatable bonds is 3. The van der Waals surface area contributed by atoms with Gasteiger partial charge in [-0.2, -0.15) is 0 Å². The lowest BCUT2D eigenvalue weighted by atomic mass is 10.0. The van der Waals surface area contributed by atoms with Gasteiger partial charge in [0.2, 0.25) is 10.0 Å². The standard InChI is InChI=1S/C13H18N2O2S/c1-5-6-8-11-9-7-10-12(13(11)14-2)18(16,17)15(3)4/h5-10H,1-4H3/b6-5-,11-8-,14-13-. The molecule has 0 spiro atoms. The third-order valence-corrected chi connectivity index (χ3v) is 4.33. The van der Waals surface area contributed by atoms with Gasteiger partial charge in [0.05, 0.1) is 5.71 Å². The highest BCUT2D eigenvalue weighted by Crippen LogP contribution is 2.22. The van der Waals surface area contributed by atoms with Crippen LogP contribution >= 0.6 is 0 Å². The van der Waals surface area contributed by atoms with E-state index in [2.05, 4.69) is 4.99 Å². The zero-order valence-corrected chi connectivity index (χ0v) is 11.9. The highest BCUT2D eigenvalue weighted by atomic mass is 32.2. The van der Waals surface area contributed by atoms with E-state index in [-0.39, 0.29) is 4.91 Å². The quantitative estimate of drug-likeness (QED) is 0.783. The van der Waals surface area contributed by atoms with E-state index in [1.165, 1.54) is 18.4 Å². The lowest BCUT2D eigenvalue weighted by molar-refractivity contribution is 0.529. The maximum absolute atomic E-state index is 12.2. The van der Waals surface area contributed by atoms with Gasteiger partial charge < -0.3 is 0 Å². The van der Waals surface area contributed by atoms with Crippen molar-refractivity contribution in [3.05, 3.63) is 46.9 Å². The van der Waals surface area contributed by atoms with Crippen molar-refractivity contribution in [2.24, 2.45) is 4.99 Å². The van der Waals surface area contributed by atoms with Crippen molar-refractivity contribution >= 4 is 15.7 Å². The van der Waals surface area contributed by atoms with Crippen LogP contribution in [0.4, 0.5) is 0 Å². The van der Waals surface area contributed by atoms with Gasteiger partial charge in [-0.05, 0) is 13.0 Å². The van der Waals surface area contributed by atoms with Gasteiger partial charge >= 0.3 is 0 Å². The molecule has 0 aromatic heterocycles. The largest absolute Gasteiger partial charge is 0.287 e. The van der Waals surface area contributed by atoms with Gasteiger partial charge in [-0.15, -0.1) is 0 Å². The molecule has 0 bridgehead atoms. The molecule has 0 amide bonds. The molecule has 1 rings (SSSR count). The summed E-state index contributed by atoms with van der Waals surface area (Å²) < 4.78 is 25.5. The molecule has 0 saturated carbocycles. The van der Waals surface area contributed by atoms with E-state index < -0.39 is 10.0 Å². The van der Waals surface area contributed by atoms with E-state index in [9.17, 15) is 8.42 Å². The van der Waals surface area contributed by atoms with Crippen molar-refractivity contribution < 1.29 is 8.42 Å². The van der Waals surface area contributed by atoms with Crippen molar-refractivity contribution in [2.45, 2.75) is 6.92 Å².